The fourth-order valence-electron chi connectivity index (χ4n) is 1.74. The highest BCUT2D eigenvalue weighted by atomic mass is 35.5. The number of rotatable bonds is 2. The molecule has 0 saturated carbocycles. The maximum absolute atomic E-state index is 6.49. The molecule has 0 N–H and O–H groups in total. The van der Waals surface area contributed by atoms with Crippen LogP contribution in [-0.2, 0) is 0 Å². The van der Waals surface area contributed by atoms with Gasteiger partial charge in [-0.3, -0.25) is 0 Å². The van der Waals surface area contributed by atoms with Crippen LogP contribution < -0.4 is 0 Å². The van der Waals surface area contributed by atoms with Crippen LogP contribution in [0.15, 0.2) is 24.3 Å². The summed E-state index contributed by atoms with van der Waals surface area (Å²) in [7, 11) is 0. The average Bonchev–Trinajstić information content (AvgIpc) is 2.61. The molecule has 4 heteroatoms. The fourth-order valence-corrected chi connectivity index (χ4v) is 3.80. The van der Waals surface area contributed by atoms with Crippen LogP contribution in [0.25, 0.3) is 0 Å². The molecule has 0 spiro atoms. The predicted molar refractivity (Wildman–Crippen MR) is 78.0 cm³/mol. The van der Waals surface area contributed by atoms with Crippen molar-refractivity contribution in [2.75, 3.05) is 0 Å². The zero-order chi connectivity index (χ0) is 12.6. The summed E-state index contributed by atoms with van der Waals surface area (Å²) in [5.41, 5.74) is 4.40. The third-order valence-electron chi connectivity index (χ3n) is 2.88. The van der Waals surface area contributed by atoms with E-state index < -0.39 is 0 Å². The van der Waals surface area contributed by atoms with Gasteiger partial charge in [-0.05, 0) is 36.6 Å². The lowest BCUT2D eigenvalue weighted by molar-refractivity contribution is 1.11. The summed E-state index contributed by atoms with van der Waals surface area (Å²) in [4.78, 5) is 0. The highest BCUT2D eigenvalue weighted by Gasteiger charge is 2.19. The number of hydrogen-bond acceptors (Lipinski definition) is 1. The Morgan fingerprint density at radius 1 is 1.12 bits per heavy atom. The molecular weight excluding hydrogens is 295 g/mol. The van der Waals surface area contributed by atoms with Crippen molar-refractivity contribution in [1.82, 2.24) is 0 Å². The van der Waals surface area contributed by atoms with Gasteiger partial charge in [0.25, 0.3) is 0 Å². The molecule has 1 unspecified atom stereocenters. The number of hydrogen-bond donors (Lipinski definition) is 0. The van der Waals surface area contributed by atoms with E-state index in [4.69, 9.17) is 34.8 Å². The summed E-state index contributed by atoms with van der Waals surface area (Å²) in [6.07, 6.45) is 0. The number of aryl methyl sites for hydroxylation is 1. The Kier molecular flexibility index (Phi) is 4.04. The van der Waals surface area contributed by atoms with Crippen LogP contribution in [0.1, 0.15) is 27.6 Å². The van der Waals surface area contributed by atoms with Crippen LogP contribution in [0.4, 0.5) is 0 Å². The average molecular weight is 306 g/mol. The molecule has 0 radical (unpaired) electrons. The number of alkyl halides is 1. The van der Waals surface area contributed by atoms with Crippen LogP contribution in [0.2, 0.25) is 8.67 Å². The maximum Gasteiger partial charge on any atom is 0.0994 e. The number of thiophene rings is 1. The van der Waals surface area contributed by atoms with Crippen molar-refractivity contribution in [3.8, 4) is 0 Å². The van der Waals surface area contributed by atoms with E-state index in [1.165, 1.54) is 22.5 Å². The minimum absolute atomic E-state index is 0.244. The third-order valence-corrected chi connectivity index (χ3v) is 4.86. The summed E-state index contributed by atoms with van der Waals surface area (Å²) in [6.45, 7) is 4.15. The Hall–Kier alpha value is -0.210. The van der Waals surface area contributed by atoms with Gasteiger partial charge in [-0.1, -0.05) is 41.4 Å². The van der Waals surface area contributed by atoms with Gasteiger partial charge >= 0.3 is 0 Å². The molecule has 0 fully saturated rings. The molecule has 1 atom stereocenters. The largest absolute Gasteiger partial charge is 0.112 e. The minimum Gasteiger partial charge on any atom is -0.112 e. The Labute approximate surface area is 120 Å². The van der Waals surface area contributed by atoms with Crippen LogP contribution in [0, 0.1) is 13.8 Å². The van der Waals surface area contributed by atoms with E-state index in [1.54, 1.807) is 0 Å². The summed E-state index contributed by atoms with van der Waals surface area (Å²) < 4.78 is 1.33. The van der Waals surface area contributed by atoms with E-state index in [9.17, 15) is 0 Å². The van der Waals surface area contributed by atoms with Crippen molar-refractivity contribution < 1.29 is 0 Å². The van der Waals surface area contributed by atoms with Crippen LogP contribution >= 0.6 is 46.1 Å². The molecule has 2 aromatic rings. The van der Waals surface area contributed by atoms with Gasteiger partial charge in [0.2, 0.25) is 0 Å². The SMILES string of the molecule is Cc1cccc(C(Cl)c2cc(Cl)sc2Cl)c1C. The van der Waals surface area contributed by atoms with Crippen molar-refractivity contribution in [2.24, 2.45) is 0 Å². The molecule has 0 amide bonds. The normalized spacial score (nSPS) is 12.8. The van der Waals surface area contributed by atoms with Crippen molar-refractivity contribution in [2.45, 2.75) is 19.2 Å². The van der Waals surface area contributed by atoms with Gasteiger partial charge in [0.1, 0.15) is 0 Å². The zero-order valence-corrected chi connectivity index (χ0v) is 12.5. The van der Waals surface area contributed by atoms with E-state index in [0.717, 1.165) is 11.1 Å². The van der Waals surface area contributed by atoms with Crippen molar-refractivity contribution >= 4 is 46.1 Å². The molecule has 0 saturated heterocycles. The van der Waals surface area contributed by atoms with Gasteiger partial charge in [-0.15, -0.1) is 22.9 Å². The first-order chi connectivity index (χ1) is 8.00. The summed E-state index contributed by atoms with van der Waals surface area (Å²) in [5, 5.41) is -0.244. The van der Waals surface area contributed by atoms with E-state index >= 15 is 0 Å². The zero-order valence-electron chi connectivity index (χ0n) is 9.43. The number of halogens is 3. The first kappa shape index (κ1) is 13.2. The second-order valence-electron chi connectivity index (χ2n) is 3.93. The Bertz CT molecular complexity index is 546. The van der Waals surface area contributed by atoms with Gasteiger partial charge in [-0.2, -0.15) is 0 Å². The van der Waals surface area contributed by atoms with E-state index in [2.05, 4.69) is 19.9 Å². The van der Waals surface area contributed by atoms with Gasteiger partial charge in [-0.25, -0.2) is 0 Å². The monoisotopic (exact) mass is 304 g/mol. The topological polar surface area (TPSA) is 0 Å². The van der Waals surface area contributed by atoms with Crippen LogP contribution in [0.3, 0.4) is 0 Å². The van der Waals surface area contributed by atoms with Gasteiger partial charge < -0.3 is 0 Å². The predicted octanol–water partition coefficient (Wildman–Crippen LogP) is 6.00. The summed E-state index contributed by atoms with van der Waals surface area (Å²) in [5.74, 6) is 0. The molecule has 0 aliphatic heterocycles. The summed E-state index contributed by atoms with van der Waals surface area (Å²) in [6, 6.07) is 7.95. The lowest BCUT2D eigenvalue weighted by atomic mass is 9.98. The van der Waals surface area contributed by atoms with E-state index in [-0.39, 0.29) is 5.38 Å². The Balaban J connectivity index is 2.47. The highest BCUT2D eigenvalue weighted by Crippen LogP contribution is 2.41. The molecule has 1 aromatic carbocycles. The molecule has 1 aromatic heterocycles. The molecule has 0 bridgehead atoms. The molecular formula is C13H11Cl3S. The first-order valence-corrected chi connectivity index (χ1v) is 7.16. The Morgan fingerprint density at radius 3 is 2.41 bits per heavy atom. The fraction of sp³-hybridized carbons (Fsp3) is 0.231. The van der Waals surface area contributed by atoms with Crippen molar-refractivity contribution in [3.63, 3.8) is 0 Å². The molecule has 1 heterocycles. The maximum atomic E-state index is 6.49. The van der Waals surface area contributed by atoms with Crippen LogP contribution in [-0.4, -0.2) is 0 Å². The van der Waals surface area contributed by atoms with Crippen molar-refractivity contribution in [1.29, 1.82) is 0 Å². The Morgan fingerprint density at radius 2 is 1.82 bits per heavy atom. The second-order valence-corrected chi connectivity index (χ2v) is 6.65. The molecule has 90 valence electrons. The lowest BCUT2D eigenvalue weighted by Crippen LogP contribution is -1.97. The molecule has 0 aliphatic carbocycles. The van der Waals surface area contributed by atoms with Gasteiger partial charge in [0.15, 0.2) is 0 Å². The number of benzene rings is 1. The van der Waals surface area contributed by atoms with E-state index in [0.29, 0.717) is 8.67 Å². The molecule has 0 aliphatic rings. The smallest absolute Gasteiger partial charge is 0.0994 e. The second kappa shape index (κ2) is 5.19. The third kappa shape index (κ3) is 2.63. The van der Waals surface area contributed by atoms with Gasteiger partial charge in [0.05, 0.1) is 14.0 Å². The summed E-state index contributed by atoms with van der Waals surface area (Å²) >= 11 is 19.9. The molecule has 17 heavy (non-hydrogen) atoms. The molecule has 2 rings (SSSR count). The van der Waals surface area contributed by atoms with Gasteiger partial charge in [0, 0.05) is 5.56 Å². The highest BCUT2D eigenvalue weighted by molar-refractivity contribution is 7.20. The standard InChI is InChI=1S/C13H11Cl3S/c1-7-4-3-5-9(8(7)2)12(15)10-6-11(14)17-13(10)16/h3-6,12H,1-2H3. The lowest BCUT2D eigenvalue weighted by Gasteiger charge is -2.13. The minimum atomic E-state index is -0.244. The first-order valence-electron chi connectivity index (χ1n) is 5.15. The van der Waals surface area contributed by atoms with E-state index in [1.807, 2.05) is 18.2 Å². The van der Waals surface area contributed by atoms with Crippen molar-refractivity contribution in [3.05, 3.63) is 55.2 Å². The van der Waals surface area contributed by atoms with Crippen LogP contribution in [0.5, 0.6) is 0 Å². The molecule has 0 nitrogen and oxygen atoms in total. The quantitative estimate of drug-likeness (QED) is 0.597.